The molecule has 1 rings (SSSR count). The molecule has 0 aliphatic rings. The lowest BCUT2D eigenvalue weighted by molar-refractivity contribution is -0.139. The molecule has 3 N–H and O–H groups in total. The molecule has 1 atom stereocenters. The number of carbonyl (C=O) groups is 2. The molecule has 1 unspecified atom stereocenters. The Balaban J connectivity index is 2.79. The summed E-state index contributed by atoms with van der Waals surface area (Å²) in [4.78, 5) is 23.1. The van der Waals surface area contributed by atoms with Crippen molar-refractivity contribution in [3.8, 4) is 0 Å². The second-order valence-electron chi connectivity index (χ2n) is 4.86. The number of anilines is 1. The highest BCUT2D eigenvalue weighted by atomic mass is 79.9. The number of nitrogens with one attached hydrogen (secondary N) is 2. The van der Waals surface area contributed by atoms with Crippen molar-refractivity contribution in [1.29, 1.82) is 0 Å². The molecule has 2 amide bonds. The summed E-state index contributed by atoms with van der Waals surface area (Å²) in [5, 5.41) is 14.2. The van der Waals surface area contributed by atoms with E-state index in [9.17, 15) is 9.59 Å². The third-order valence-corrected chi connectivity index (χ3v) is 4.26. The summed E-state index contributed by atoms with van der Waals surface area (Å²) in [6, 6.07) is 2.08. The predicted octanol–water partition coefficient (Wildman–Crippen LogP) is 4.59. The van der Waals surface area contributed by atoms with E-state index in [4.69, 9.17) is 5.11 Å². The van der Waals surface area contributed by atoms with E-state index < -0.39 is 18.0 Å². The van der Waals surface area contributed by atoms with Crippen molar-refractivity contribution < 1.29 is 14.7 Å². The maximum atomic E-state index is 12.0. The van der Waals surface area contributed by atoms with Crippen LogP contribution in [0.2, 0.25) is 0 Å². The Bertz CT molecular complexity index is 526. The normalized spacial score (nSPS) is 12.1. The highest BCUT2D eigenvalue weighted by molar-refractivity contribution is 9.11. The number of carbonyl (C=O) groups excluding carboxylic acids is 1. The lowest BCUT2D eigenvalue weighted by Crippen LogP contribution is -2.43. The van der Waals surface area contributed by atoms with Gasteiger partial charge in [-0.05, 0) is 56.3 Å². The molecule has 116 valence electrons. The van der Waals surface area contributed by atoms with Gasteiger partial charge in [-0.2, -0.15) is 0 Å². The molecule has 0 heterocycles. The summed E-state index contributed by atoms with van der Waals surface area (Å²) in [6.45, 7) is 3.80. The van der Waals surface area contributed by atoms with E-state index in [1.807, 2.05) is 13.8 Å². The van der Waals surface area contributed by atoms with Gasteiger partial charge in [-0.25, -0.2) is 9.59 Å². The lowest BCUT2D eigenvalue weighted by atomic mass is 10.0. The van der Waals surface area contributed by atoms with Crippen LogP contribution in [0.4, 0.5) is 10.5 Å². The summed E-state index contributed by atoms with van der Waals surface area (Å²) in [7, 11) is 0. The molecule has 0 spiro atoms. The second kappa shape index (κ2) is 8.14. The average molecular weight is 487 g/mol. The molecule has 0 aliphatic heterocycles. The van der Waals surface area contributed by atoms with Gasteiger partial charge in [0.05, 0.1) is 5.69 Å². The summed E-state index contributed by atoms with van der Waals surface area (Å²) >= 11 is 10.0. The largest absolute Gasteiger partial charge is 0.480 e. The number of amides is 2. The van der Waals surface area contributed by atoms with Crippen molar-refractivity contribution in [3.63, 3.8) is 0 Å². The van der Waals surface area contributed by atoms with E-state index in [1.165, 1.54) is 0 Å². The van der Waals surface area contributed by atoms with Gasteiger partial charge in [-0.15, -0.1) is 0 Å². The smallest absolute Gasteiger partial charge is 0.326 e. The Labute approximate surface area is 148 Å². The fourth-order valence-electron chi connectivity index (χ4n) is 1.66. The average Bonchev–Trinajstić information content (AvgIpc) is 2.32. The van der Waals surface area contributed by atoms with Crippen molar-refractivity contribution in [2.75, 3.05) is 5.32 Å². The maximum absolute atomic E-state index is 12.0. The molecule has 0 saturated heterocycles. The topological polar surface area (TPSA) is 78.4 Å². The van der Waals surface area contributed by atoms with Gasteiger partial charge in [-0.3, -0.25) is 0 Å². The number of rotatable bonds is 5. The Morgan fingerprint density at radius 1 is 1.19 bits per heavy atom. The van der Waals surface area contributed by atoms with Gasteiger partial charge in [0, 0.05) is 13.4 Å². The number of halogens is 3. The molecule has 21 heavy (non-hydrogen) atoms. The molecule has 5 nitrogen and oxygen atoms in total. The lowest BCUT2D eigenvalue weighted by Gasteiger charge is -2.18. The van der Waals surface area contributed by atoms with Gasteiger partial charge in [0.1, 0.15) is 6.04 Å². The maximum Gasteiger partial charge on any atom is 0.326 e. The minimum atomic E-state index is -1.05. The van der Waals surface area contributed by atoms with Crippen molar-refractivity contribution >= 4 is 65.5 Å². The van der Waals surface area contributed by atoms with E-state index in [-0.39, 0.29) is 5.92 Å². The zero-order chi connectivity index (χ0) is 16.2. The highest BCUT2D eigenvalue weighted by Gasteiger charge is 2.21. The van der Waals surface area contributed by atoms with Crippen LogP contribution in [0.3, 0.4) is 0 Å². The Morgan fingerprint density at radius 3 is 2.14 bits per heavy atom. The molecular formula is C13H15Br3N2O3. The van der Waals surface area contributed by atoms with Gasteiger partial charge < -0.3 is 15.7 Å². The summed E-state index contributed by atoms with van der Waals surface area (Å²) in [5.41, 5.74) is 0.532. The second-order valence-corrected chi connectivity index (χ2v) is 7.49. The van der Waals surface area contributed by atoms with Crippen LogP contribution >= 0.6 is 47.8 Å². The van der Waals surface area contributed by atoms with Crippen LogP contribution in [0.5, 0.6) is 0 Å². The first-order valence-corrected chi connectivity index (χ1v) is 8.53. The van der Waals surface area contributed by atoms with Gasteiger partial charge in [-0.1, -0.05) is 29.8 Å². The third kappa shape index (κ3) is 5.96. The minimum Gasteiger partial charge on any atom is -0.480 e. The number of urea groups is 1. The molecule has 1 aromatic rings. The molecule has 0 radical (unpaired) electrons. The van der Waals surface area contributed by atoms with Crippen LogP contribution in [0, 0.1) is 5.92 Å². The fourth-order valence-corrected chi connectivity index (χ4v) is 4.12. The van der Waals surface area contributed by atoms with Crippen molar-refractivity contribution in [1.82, 2.24) is 5.32 Å². The van der Waals surface area contributed by atoms with E-state index in [0.717, 1.165) is 4.47 Å². The molecule has 0 aliphatic carbocycles. The van der Waals surface area contributed by atoms with Crippen LogP contribution < -0.4 is 10.6 Å². The quantitative estimate of drug-likeness (QED) is 0.569. The molecule has 0 bridgehead atoms. The number of hydrogen-bond donors (Lipinski definition) is 3. The van der Waals surface area contributed by atoms with Crippen LogP contribution in [-0.2, 0) is 4.79 Å². The number of hydrogen-bond acceptors (Lipinski definition) is 2. The molecule has 0 saturated carbocycles. The zero-order valence-electron chi connectivity index (χ0n) is 11.4. The van der Waals surface area contributed by atoms with Crippen LogP contribution in [0.1, 0.15) is 20.3 Å². The van der Waals surface area contributed by atoms with Crippen molar-refractivity contribution in [2.45, 2.75) is 26.3 Å². The Morgan fingerprint density at radius 2 is 1.71 bits per heavy atom. The predicted molar refractivity (Wildman–Crippen MR) is 92.6 cm³/mol. The van der Waals surface area contributed by atoms with Crippen LogP contribution in [-0.4, -0.2) is 23.1 Å². The zero-order valence-corrected chi connectivity index (χ0v) is 16.2. The summed E-state index contributed by atoms with van der Waals surface area (Å²) in [5.74, 6) is -0.884. The van der Waals surface area contributed by atoms with Crippen LogP contribution in [0.25, 0.3) is 0 Å². The Hall–Kier alpha value is -0.600. The first-order chi connectivity index (χ1) is 9.70. The molecule has 0 aromatic heterocycles. The Kier molecular flexibility index (Phi) is 7.15. The highest BCUT2D eigenvalue weighted by Crippen LogP contribution is 2.34. The van der Waals surface area contributed by atoms with Crippen LogP contribution in [0.15, 0.2) is 25.6 Å². The van der Waals surface area contributed by atoms with Gasteiger partial charge in [0.25, 0.3) is 0 Å². The van der Waals surface area contributed by atoms with Gasteiger partial charge in [0.15, 0.2) is 0 Å². The standard InChI is InChI=1S/C13H15Br3N2O3/c1-6(2)3-10(12(19)20)17-13(21)18-11-8(15)4-7(14)5-9(11)16/h4-6,10H,3H2,1-2H3,(H,19,20)(H2,17,18,21). The van der Waals surface area contributed by atoms with Gasteiger partial charge >= 0.3 is 12.0 Å². The SMILES string of the molecule is CC(C)CC(NC(=O)Nc1c(Br)cc(Br)cc1Br)C(=O)O. The summed E-state index contributed by atoms with van der Waals surface area (Å²) in [6.07, 6.45) is 0.366. The number of benzene rings is 1. The van der Waals surface area contributed by atoms with E-state index in [0.29, 0.717) is 21.1 Å². The van der Waals surface area contributed by atoms with E-state index >= 15 is 0 Å². The van der Waals surface area contributed by atoms with Crippen molar-refractivity contribution in [2.24, 2.45) is 5.92 Å². The third-order valence-electron chi connectivity index (χ3n) is 2.56. The summed E-state index contributed by atoms with van der Waals surface area (Å²) < 4.78 is 2.19. The van der Waals surface area contributed by atoms with Crippen molar-refractivity contribution in [3.05, 3.63) is 25.6 Å². The molecular weight excluding hydrogens is 472 g/mol. The number of carboxylic acids is 1. The van der Waals surface area contributed by atoms with Gasteiger partial charge in [0.2, 0.25) is 0 Å². The fraction of sp³-hybridized carbons (Fsp3) is 0.385. The number of carboxylic acid groups (broad SMARTS) is 1. The molecule has 8 heteroatoms. The first kappa shape index (κ1) is 18.4. The van der Waals surface area contributed by atoms with E-state index in [1.54, 1.807) is 12.1 Å². The molecule has 1 aromatic carbocycles. The number of aliphatic carboxylic acids is 1. The monoisotopic (exact) mass is 484 g/mol. The first-order valence-electron chi connectivity index (χ1n) is 6.15. The molecule has 0 fully saturated rings. The minimum absolute atomic E-state index is 0.164. The van der Waals surface area contributed by atoms with E-state index in [2.05, 4.69) is 58.4 Å².